The second-order valence-electron chi connectivity index (χ2n) is 5.75. The third kappa shape index (κ3) is 5.83. The second kappa shape index (κ2) is 10.5. The van der Waals surface area contributed by atoms with Gasteiger partial charge in [0.05, 0.1) is 26.5 Å². The van der Waals surface area contributed by atoms with E-state index in [1.165, 1.54) is 5.56 Å². The van der Waals surface area contributed by atoms with Crippen molar-refractivity contribution < 1.29 is 13.9 Å². The lowest BCUT2D eigenvalue weighted by Crippen LogP contribution is -2.12. The summed E-state index contributed by atoms with van der Waals surface area (Å²) >= 11 is 0. The van der Waals surface area contributed by atoms with Crippen molar-refractivity contribution in [3.8, 4) is 11.5 Å². The van der Waals surface area contributed by atoms with Crippen LogP contribution in [0.5, 0.6) is 11.5 Å². The molecule has 0 aliphatic carbocycles. The van der Waals surface area contributed by atoms with E-state index in [1.54, 1.807) is 13.4 Å². The van der Waals surface area contributed by atoms with Gasteiger partial charge in [-0.1, -0.05) is 36.4 Å². The van der Waals surface area contributed by atoms with Crippen molar-refractivity contribution in [1.29, 1.82) is 0 Å². The lowest BCUT2D eigenvalue weighted by molar-refractivity contribution is 0.297. The minimum absolute atomic E-state index is 0. The lowest BCUT2D eigenvalue weighted by Gasteiger charge is -2.12. The summed E-state index contributed by atoms with van der Waals surface area (Å²) in [4.78, 5) is 0. The number of furan rings is 1. The number of hydrogen-bond acceptors (Lipinski definition) is 4. The fraction of sp³-hybridized carbons (Fsp3) is 0.238. The van der Waals surface area contributed by atoms with Crippen LogP contribution in [0.1, 0.15) is 16.9 Å². The molecule has 26 heavy (non-hydrogen) atoms. The van der Waals surface area contributed by atoms with Crippen molar-refractivity contribution in [2.45, 2.75) is 19.5 Å². The molecule has 0 aliphatic heterocycles. The maximum absolute atomic E-state index is 5.89. The first-order valence-corrected chi connectivity index (χ1v) is 8.42. The van der Waals surface area contributed by atoms with Crippen LogP contribution in [0.3, 0.4) is 0 Å². The molecular formula is C21H24ClNO3. The molecule has 0 aliphatic rings. The Bertz CT molecular complexity index is 760. The lowest BCUT2D eigenvalue weighted by atomic mass is 10.1. The van der Waals surface area contributed by atoms with Gasteiger partial charge in [0.25, 0.3) is 0 Å². The van der Waals surface area contributed by atoms with E-state index in [0.717, 1.165) is 35.8 Å². The quantitative estimate of drug-likeness (QED) is 0.594. The summed E-state index contributed by atoms with van der Waals surface area (Å²) in [6.07, 6.45) is 2.55. The molecule has 0 spiro atoms. The zero-order chi connectivity index (χ0) is 17.3. The highest BCUT2D eigenvalue weighted by atomic mass is 35.5. The number of methoxy groups -OCH3 is 1. The van der Waals surface area contributed by atoms with Gasteiger partial charge >= 0.3 is 0 Å². The van der Waals surface area contributed by atoms with Crippen LogP contribution in [-0.2, 0) is 19.5 Å². The summed E-state index contributed by atoms with van der Waals surface area (Å²) in [7, 11) is 1.67. The Kier molecular flexibility index (Phi) is 8.06. The molecule has 0 saturated carbocycles. The normalized spacial score (nSPS) is 10.2. The maximum atomic E-state index is 5.89. The molecule has 3 rings (SSSR count). The first-order chi connectivity index (χ1) is 12.3. The third-order valence-corrected chi connectivity index (χ3v) is 3.93. The highest BCUT2D eigenvalue weighted by molar-refractivity contribution is 5.85. The SMILES string of the molecule is COc1cc(CNCc2ccco2)ccc1OCCc1ccccc1.Cl. The van der Waals surface area contributed by atoms with E-state index in [9.17, 15) is 0 Å². The molecule has 3 aromatic rings. The van der Waals surface area contributed by atoms with Crippen molar-refractivity contribution >= 4 is 12.4 Å². The minimum atomic E-state index is 0. The summed E-state index contributed by atoms with van der Waals surface area (Å²) in [5, 5.41) is 3.35. The monoisotopic (exact) mass is 373 g/mol. The summed E-state index contributed by atoms with van der Waals surface area (Å²) in [6.45, 7) is 2.06. The Morgan fingerprint density at radius 2 is 1.73 bits per heavy atom. The molecule has 2 aromatic carbocycles. The van der Waals surface area contributed by atoms with E-state index in [-0.39, 0.29) is 12.4 Å². The molecule has 0 unspecified atom stereocenters. The van der Waals surface area contributed by atoms with Crippen molar-refractivity contribution in [3.05, 3.63) is 83.8 Å². The highest BCUT2D eigenvalue weighted by Crippen LogP contribution is 2.28. The van der Waals surface area contributed by atoms with Crippen molar-refractivity contribution in [2.75, 3.05) is 13.7 Å². The first kappa shape index (κ1) is 19.9. The third-order valence-electron chi connectivity index (χ3n) is 3.93. The molecule has 1 heterocycles. The molecular weight excluding hydrogens is 350 g/mol. The maximum Gasteiger partial charge on any atom is 0.161 e. The van der Waals surface area contributed by atoms with Gasteiger partial charge in [-0.15, -0.1) is 12.4 Å². The highest BCUT2D eigenvalue weighted by Gasteiger charge is 2.06. The molecule has 0 bridgehead atoms. The first-order valence-electron chi connectivity index (χ1n) is 8.42. The predicted octanol–water partition coefficient (Wildman–Crippen LogP) is 4.62. The number of rotatable bonds is 9. The van der Waals surface area contributed by atoms with E-state index in [2.05, 4.69) is 23.5 Å². The van der Waals surface area contributed by atoms with Crippen molar-refractivity contribution in [3.63, 3.8) is 0 Å². The molecule has 0 atom stereocenters. The van der Waals surface area contributed by atoms with Gasteiger partial charge in [0.2, 0.25) is 0 Å². The van der Waals surface area contributed by atoms with Gasteiger partial charge in [-0.25, -0.2) is 0 Å². The molecule has 0 amide bonds. The fourth-order valence-electron chi connectivity index (χ4n) is 2.61. The molecule has 0 saturated heterocycles. The number of nitrogens with one attached hydrogen (secondary N) is 1. The van der Waals surface area contributed by atoms with Gasteiger partial charge in [0, 0.05) is 13.0 Å². The summed E-state index contributed by atoms with van der Waals surface area (Å²) in [5.41, 5.74) is 2.40. The van der Waals surface area contributed by atoms with Crippen LogP contribution < -0.4 is 14.8 Å². The minimum Gasteiger partial charge on any atom is -0.493 e. The summed E-state index contributed by atoms with van der Waals surface area (Å²) in [6, 6.07) is 20.2. The van der Waals surface area contributed by atoms with Gasteiger partial charge in [-0.05, 0) is 35.4 Å². The average Bonchev–Trinajstić information content (AvgIpc) is 3.17. The Morgan fingerprint density at radius 1 is 0.885 bits per heavy atom. The van der Waals surface area contributed by atoms with E-state index in [4.69, 9.17) is 13.9 Å². The van der Waals surface area contributed by atoms with Crippen molar-refractivity contribution in [1.82, 2.24) is 5.32 Å². The van der Waals surface area contributed by atoms with Crippen molar-refractivity contribution in [2.24, 2.45) is 0 Å². The van der Waals surface area contributed by atoms with E-state index >= 15 is 0 Å². The summed E-state index contributed by atoms with van der Waals surface area (Å²) < 4.78 is 16.7. The fourth-order valence-corrected chi connectivity index (χ4v) is 2.61. The topological polar surface area (TPSA) is 43.6 Å². The molecule has 5 heteroatoms. The molecule has 1 aromatic heterocycles. The van der Waals surface area contributed by atoms with E-state index < -0.39 is 0 Å². The number of benzene rings is 2. The Balaban J connectivity index is 0.00000243. The molecule has 1 N–H and O–H groups in total. The van der Waals surface area contributed by atoms with Crippen LogP contribution in [0.4, 0.5) is 0 Å². The van der Waals surface area contributed by atoms with Crippen LogP contribution in [0.2, 0.25) is 0 Å². The number of hydrogen-bond donors (Lipinski definition) is 1. The molecule has 138 valence electrons. The van der Waals surface area contributed by atoms with Gasteiger partial charge in [-0.2, -0.15) is 0 Å². The second-order valence-corrected chi connectivity index (χ2v) is 5.75. The average molecular weight is 374 g/mol. The number of halogens is 1. The van der Waals surface area contributed by atoms with Crippen LogP contribution >= 0.6 is 12.4 Å². The van der Waals surface area contributed by atoms with Gasteiger partial charge in [-0.3, -0.25) is 0 Å². The zero-order valence-corrected chi connectivity index (χ0v) is 15.6. The zero-order valence-electron chi connectivity index (χ0n) is 14.8. The molecule has 4 nitrogen and oxygen atoms in total. The summed E-state index contributed by atoms with van der Waals surface area (Å²) in [5.74, 6) is 2.45. The van der Waals surface area contributed by atoms with Gasteiger partial charge in [0.1, 0.15) is 5.76 Å². The van der Waals surface area contributed by atoms with Gasteiger partial charge < -0.3 is 19.2 Å². The van der Waals surface area contributed by atoms with E-state index in [1.807, 2.05) is 42.5 Å². The predicted molar refractivity (Wildman–Crippen MR) is 105 cm³/mol. The van der Waals surface area contributed by atoms with Crippen LogP contribution in [0.25, 0.3) is 0 Å². The largest absolute Gasteiger partial charge is 0.493 e. The molecule has 0 fully saturated rings. The van der Waals surface area contributed by atoms with Crippen LogP contribution in [0, 0.1) is 0 Å². The standard InChI is InChI=1S/C21H23NO3.ClH/c1-23-21-14-18(15-22-16-19-8-5-12-24-19)9-10-20(21)25-13-11-17-6-3-2-4-7-17;/h2-10,12,14,22H,11,13,15-16H2,1H3;1H. The smallest absolute Gasteiger partial charge is 0.161 e. The Labute approximate surface area is 160 Å². The van der Waals surface area contributed by atoms with E-state index in [0.29, 0.717) is 13.2 Å². The Morgan fingerprint density at radius 3 is 2.46 bits per heavy atom. The van der Waals surface area contributed by atoms with Gasteiger partial charge in [0.15, 0.2) is 11.5 Å². The molecule has 0 radical (unpaired) electrons. The Hall–Kier alpha value is -2.43. The van der Waals surface area contributed by atoms with Crippen LogP contribution in [0.15, 0.2) is 71.3 Å². The van der Waals surface area contributed by atoms with Crippen LogP contribution in [-0.4, -0.2) is 13.7 Å². The number of ether oxygens (including phenoxy) is 2.